The second-order valence-corrected chi connectivity index (χ2v) is 4.89. The number of benzene rings is 1. The van der Waals surface area contributed by atoms with Crippen molar-refractivity contribution >= 4 is 0 Å². The minimum Gasteiger partial charge on any atom is -0.405 e. The molecule has 0 heterocycles. The fourth-order valence-electron chi connectivity index (χ4n) is 2.48. The number of para-hydroxylation sites is 1. The van der Waals surface area contributed by atoms with Crippen LogP contribution in [-0.4, -0.2) is 26.6 Å². The standard InChI is InChI=1S/C14H18F3NO2/c1-18-12(13(19-2)9-7-8-9)10-5-3-4-6-11(10)20-14(15,16)17/h3-6,9,12-13,18H,7-8H2,1-2H3. The summed E-state index contributed by atoms with van der Waals surface area (Å²) in [5, 5.41) is 3.04. The van der Waals surface area contributed by atoms with Gasteiger partial charge in [-0.05, 0) is 31.9 Å². The van der Waals surface area contributed by atoms with Gasteiger partial charge in [0.1, 0.15) is 5.75 Å². The molecule has 2 atom stereocenters. The van der Waals surface area contributed by atoms with Crippen LogP contribution in [0.2, 0.25) is 0 Å². The normalized spacial score (nSPS) is 18.6. The van der Waals surface area contributed by atoms with Gasteiger partial charge in [0.2, 0.25) is 0 Å². The molecule has 1 N–H and O–H groups in total. The first-order valence-electron chi connectivity index (χ1n) is 6.51. The molecule has 6 heteroatoms. The average molecular weight is 289 g/mol. The summed E-state index contributed by atoms with van der Waals surface area (Å²) >= 11 is 0. The minimum atomic E-state index is -4.70. The number of rotatable bonds is 6. The molecule has 0 radical (unpaired) electrons. The highest BCUT2D eigenvalue weighted by atomic mass is 19.4. The Labute approximate surface area is 116 Å². The summed E-state index contributed by atoms with van der Waals surface area (Å²) in [6, 6.07) is 5.85. The van der Waals surface area contributed by atoms with Gasteiger partial charge in [0, 0.05) is 12.7 Å². The van der Waals surface area contributed by atoms with Crippen molar-refractivity contribution in [2.24, 2.45) is 5.92 Å². The molecule has 20 heavy (non-hydrogen) atoms. The predicted octanol–water partition coefficient (Wildman–Crippen LogP) is 3.27. The van der Waals surface area contributed by atoms with Crippen LogP contribution < -0.4 is 10.1 Å². The molecule has 0 amide bonds. The van der Waals surface area contributed by atoms with E-state index in [0.29, 0.717) is 11.5 Å². The van der Waals surface area contributed by atoms with E-state index in [0.717, 1.165) is 12.8 Å². The molecule has 0 aliphatic heterocycles. The third kappa shape index (κ3) is 3.64. The highest BCUT2D eigenvalue weighted by Crippen LogP contribution is 2.42. The lowest BCUT2D eigenvalue weighted by molar-refractivity contribution is -0.275. The second kappa shape index (κ2) is 6.01. The summed E-state index contributed by atoms with van der Waals surface area (Å²) in [4.78, 5) is 0. The molecule has 1 aliphatic carbocycles. The number of alkyl halides is 3. The quantitative estimate of drug-likeness (QED) is 0.872. The maximum Gasteiger partial charge on any atom is 0.573 e. The molecular weight excluding hydrogens is 271 g/mol. The molecule has 2 unspecified atom stereocenters. The summed E-state index contributed by atoms with van der Waals surface area (Å²) < 4.78 is 47.0. The maximum absolute atomic E-state index is 12.5. The molecule has 1 aromatic rings. The minimum absolute atomic E-state index is 0.155. The third-order valence-corrected chi connectivity index (χ3v) is 3.48. The van der Waals surface area contributed by atoms with Crippen LogP contribution in [0.4, 0.5) is 13.2 Å². The van der Waals surface area contributed by atoms with Crippen molar-refractivity contribution in [3.8, 4) is 5.75 Å². The molecule has 112 valence electrons. The molecule has 1 aliphatic rings. The van der Waals surface area contributed by atoms with Crippen LogP contribution in [0.15, 0.2) is 24.3 Å². The zero-order chi connectivity index (χ0) is 14.8. The Morgan fingerprint density at radius 2 is 1.90 bits per heavy atom. The van der Waals surface area contributed by atoms with Crippen molar-refractivity contribution in [2.75, 3.05) is 14.2 Å². The van der Waals surface area contributed by atoms with Gasteiger partial charge < -0.3 is 14.8 Å². The zero-order valence-corrected chi connectivity index (χ0v) is 11.4. The lowest BCUT2D eigenvalue weighted by Gasteiger charge is -2.27. The molecule has 1 fully saturated rings. The van der Waals surface area contributed by atoms with E-state index < -0.39 is 6.36 Å². The number of hydrogen-bond donors (Lipinski definition) is 1. The highest BCUT2D eigenvalue weighted by molar-refractivity contribution is 5.37. The topological polar surface area (TPSA) is 30.5 Å². The van der Waals surface area contributed by atoms with Crippen molar-refractivity contribution in [1.29, 1.82) is 0 Å². The van der Waals surface area contributed by atoms with Crippen LogP contribution in [0.3, 0.4) is 0 Å². The van der Waals surface area contributed by atoms with Crippen LogP contribution in [-0.2, 0) is 4.74 Å². The fourth-order valence-corrected chi connectivity index (χ4v) is 2.48. The van der Waals surface area contributed by atoms with Crippen molar-refractivity contribution in [3.63, 3.8) is 0 Å². The van der Waals surface area contributed by atoms with Crippen molar-refractivity contribution in [3.05, 3.63) is 29.8 Å². The fraction of sp³-hybridized carbons (Fsp3) is 0.571. The molecule has 0 bridgehead atoms. The van der Waals surface area contributed by atoms with E-state index in [4.69, 9.17) is 4.74 Å². The third-order valence-electron chi connectivity index (χ3n) is 3.48. The summed E-state index contributed by atoms with van der Waals surface area (Å²) in [5.74, 6) is 0.207. The smallest absolute Gasteiger partial charge is 0.405 e. The van der Waals surface area contributed by atoms with E-state index in [-0.39, 0.29) is 17.9 Å². The summed E-state index contributed by atoms with van der Waals surface area (Å²) in [5.41, 5.74) is 0.464. The summed E-state index contributed by atoms with van der Waals surface area (Å²) in [6.45, 7) is 0. The second-order valence-electron chi connectivity index (χ2n) is 4.89. The number of ether oxygens (including phenoxy) is 2. The van der Waals surface area contributed by atoms with Crippen molar-refractivity contribution in [2.45, 2.75) is 31.3 Å². The van der Waals surface area contributed by atoms with E-state index in [2.05, 4.69) is 10.1 Å². The Bertz CT molecular complexity index is 446. The molecule has 3 nitrogen and oxygen atoms in total. The van der Waals surface area contributed by atoms with Gasteiger partial charge >= 0.3 is 6.36 Å². The first-order chi connectivity index (χ1) is 9.46. The van der Waals surface area contributed by atoms with Crippen LogP contribution >= 0.6 is 0 Å². The van der Waals surface area contributed by atoms with E-state index in [1.54, 1.807) is 26.3 Å². The Kier molecular flexibility index (Phi) is 4.55. The van der Waals surface area contributed by atoms with Crippen molar-refractivity contribution < 1.29 is 22.6 Å². The monoisotopic (exact) mass is 289 g/mol. The predicted molar refractivity (Wildman–Crippen MR) is 68.4 cm³/mol. The molecule has 2 rings (SSSR count). The molecule has 0 saturated heterocycles. The van der Waals surface area contributed by atoms with Gasteiger partial charge in [-0.3, -0.25) is 0 Å². The maximum atomic E-state index is 12.5. The van der Waals surface area contributed by atoms with E-state index in [1.807, 2.05) is 0 Å². The lowest BCUT2D eigenvalue weighted by Crippen LogP contribution is -2.33. The Morgan fingerprint density at radius 3 is 2.40 bits per heavy atom. The summed E-state index contributed by atoms with van der Waals surface area (Å²) in [7, 11) is 3.30. The molecule has 1 saturated carbocycles. The van der Waals surface area contributed by atoms with Crippen molar-refractivity contribution in [1.82, 2.24) is 5.32 Å². The van der Waals surface area contributed by atoms with Gasteiger partial charge in [0.25, 0.3) is 0 Å². The Morgan fingerprint density at radius 1 is 1.25 bits per heavy atom. The first-order valence-corrected chi connectivity index (χ1v) is 6.51. The van der Waals surface area contributed by atoms with Crippen LogP contribution in [0.1, 0.15) is 24.4 Å². The number of methoxy groups -OCH3 is 1. The first kappa shape index (κ1) is 15.1. The highest BCUT2D eigenvalue weighted by Gasteiger charge is 2.39. The molecule has 1 aromatic carbocycles. The van der Waals surface area contributed by atoms with Gasteiger partial charge in [-0.25, -0.2) is 0 Å². The van der Waals surface area contributed by atoms with E-state index in [1.165, 1.54) is 12.1 Å². The summed E-state index contributed by atoms with van der Waals surface area (Å²) in [6.07, 6.45) is -2.77. The van der Waals surface area contributed by atoms with Gasteiger partial charge in [0.15, 0.2) is 0 Å². The van der Waals surface area contributed by atoms with Crippen LogP contribution in [0, 0.1) is 5.92 Å². The number of nitrogens with one attached hydrogen (secondary N) is 1. The number of likely N-dealkylation sites (N-methyl/N-ethyl adjacent to an activating group) is 1. The molecule has 0 aromatic heterocycles. The Hall–Kier alpha value is -1.27. The number of halogens is 3. The van der Waals surface area contributed by atoms with Crippen LogP contribution in [0.25, 0.3) is 0 Å². The molecule has 0 spiro atoms. The zero-order valence-electron chi connectivity index (χ0n) is 11.4. The number of hydrogen-bond acceptors (Lipinski definition) is 3. The lowest BCUT2D eigenvalue weighted by atomic mass is 9.97. The van der Waals surface area contributed by atoms with E-state index in [9.17, 15) is 13.2 Å². The van der Waals surface area contributed by atoms with Gasteiger partial charge in [-0.2, -0.15) is 0 Å². The largest absolute Gasteiger partial charge is 0.573 e. The van der Waals surface area contributed by atoms with E-state index >= 15 is 0 Å². The van der Waals surface area contributed by atoms with Gasteiger partial charge in [-0.1, -0.05) is 18.2 Å². The Balaban J connectivity index is 2.28. The average Bonchev–Trinajstić information content (AvgIpc) is 3.19. The van der Waals surface area contributed by atoms with Gasteiger partial charge in [0.05, 0.1) is 12.1 Å². The molecular formula is C14H18F3NO2. The SMILES string of the molecule is CNC(c1ccccc1OC(F)(F)F)C(OC)C1CC1. The van der Waals surface area contributed by atoms with Crippen LogP contribution in [0.5, 0.6) is 5.75 Å². The van der Waals surface area contributed by atoms with Gasteiger partial charge in [-0.15, -0.1) is 13.2 Å².